The van der Waals surface area contributed by atoms with E-state index in [4.69, 9.17) is 12.2 Å². The average Bonchev–Trinajstić information content (AvgIpc) is 2.74. The van der Waals surface area contributed by atoms with E-state index in [9.17, 15) is 9.59 Å². The smallest absolute Gasteiger partial charge is 0.250 e. The molecule has 3 N–H and O–H groups in total. The van der Waals surface area contributed by atoms with E-state index in [1.165, 1.54) is 6.42 Å². The fraction of sp³-hybridized carbons (Fsp3) is 0.318. The zero-order chi connectivity index (χ0) is 19.8. The predicted molar refractivity (Wildman–Crippen MR) is 113 cm³/mol. The normalized spacial score (nSPS) is 14.3. The van der Waals surface area contributed by atoms with Crippen LogP contribution < -0.4 is 16.2 Å². The van der Waals surface area contributed by atoms with Crippen LogP contribution in [0.25, 0.3) is 0 Å². The molecule has 0 heterocycles. The van der Waals surface area contributed by atoms with Crippen LogP contribution in [0.2, 0.25) is 0 Å². The third-order valence-electron chi connectivity index (χ3n) is 5.04. The van der Waals surface area contributed by atoms with Gasteiger partial charge in [0.05, 0.1) is 5.92 Å². The Hall–Kier alpha value is -2.73. The van der Waals surface area contributed by atoms with Gasteiger partial charge in [-0.3, -0.25) is 20.4 Å². The number of hydrogen-bond acceptors (Lipinski definition) is 3. The summed E-state index contributed by atoms with van der Waals surface area (Å²) in [6.45, 7) is 0. The summed E-state index contributed by atoms with van der Waals surface area (Å²) in [5, 5.41) is 2.80. The fourth-order valence-corrected chi connectivity index (χ4v) is 3.74. The number of amides is 2. The van der Waals surface area contributed by atoms with Crippen LogP contribution in [0.1, 0.15) is 49.1 Å². The van der Waals surface area contributed by atoms with Crippen LogP contribution >= 0.6 is 12.2 Å². The molecule has 2 aromatic rings. The molecule has 0 aromatic heterocycles. The minimum Gasteiger partial charge on any atom is -0.302 e. The van der Waals surface area contributed by atoms with Crippen LogP contribution in [0.3, 0.4) is 0 Å². The van der Waals surface area contributed by atoms with Crippen molar-refractivity contribution < 1.29 is 9.59 Å². The van der Waals surface area contributed by atoms with Crippen LogP contribution in [0.4, 0.5) is 0 Å². The van der Waals surface area contributed by atoms with Crippen LogP contribution in [0.5, 0.6) is 0 Å². The van der Waals surface area contributed by atoms with Crippen molar-refractivity contribution in [3.05, 3.63) is 71.8 Å². The Morgan fingerprint density at radius 2 is 1.36 bits per heavy atom. The Balaban J connectivity index is 1.61. The minimum atomic E-state index is -0.480. The van der Waals surface area contributed by atoms with Crippen molar-refractivity contribution in [1.82, 2.24) is 16.2 Å². The van der Waals surface area contributed by atoms with Crippen LogP contribution in [-0.2, 0) is 9.59 Å². The number of nitrogens with one attached hydrogen (secondary N) is 3. The summed E-state index contributed by atoms with van der Waals surface area (Å²) in [7, 11) is 0. The minimum absolute atomic E-state index is 0.00517. The zero-order valence-corrected chi connectivity index (χ0v) is 16.5. The van der Waals surface area contributed by atoms with E-state index in [1.807, 2.05) is 60.7 Å². The van der Waals surface area contributed by atoms with Gasteiger partial charge in [-0.2, -0.15) is 0 Å². The first-order valence-electron chi connectivity index (χ1n) is 9.65. The summed E-state index contributed by atoms with van der Waals surface area (Å²) in [5.74, 6) is -0.793. The van der Waals surface area contributed by atoms with Gasteiger partial charge in [-0.05, 0) is 36.2 Å². The molecule has 1 aliphatic carbocycles. The highest BCUT2D eigenvalue weighted by Crippen LogP contribution is 2.25. The number of hydrogen-bond donors (Lipinski definition) is 3. The third-order valence-corrected chi connectivity index (χ3v) is 5.24. The lowest BCUT2D eigenvalue weighted by molar-refractivity contribution is -0.125. The number of carbonyl (C=O) groups is 2. The maximum Gasteiger partial charge on any atom is 0.250 e. The van der Waals surface area contributed by atoms with Gasteiger partial charge in [-0.1, -0.05) is 79.9 Å². The Bertz CT molecular complexity index is 766. The molecule has 146 valence electrons. The van der Waals surface area contributed by atoms with E-state index >= 15 is 0 Å². The molecule has 0 spiro atoms. The van der Waals surface area contributed by atoms with Gasteiger partial charge in [-0.25, -0.2) is 0 Å². The highest BCUT2D eigenvalue weighted by atomic mass is 32.1. The highest BCUT2D eigenvalue weighted by molar-refractivity contribution is 7.80. The van der Waals surface area contributed by atoms with Crippen molar-refractivity contribution in [2.24, 2.45) is 5.92 Å². The standard InChI is InChI=1S/C22H25N3O2S/c26-20(18-14-8-3-9-15-18)23-22(28)25-24-21(27)19(16-10-4-1-5-11-16)17-12-6-2-7-13-17/h1-2,4-7,10-13,18-19H,3,8-9,14-15H2,(H,24,27)(H2,23,25,26,28). The largest absolute Gasteiger partial charge is 0.302 e. The van der Waals surface area contributed by atoms with Gasteiger partial charge >= 0.3 is 0 Å². The van der Waals surface area contributed by atoms with Crippen LogP contribution in [0.15, 0.2) is 60.7 Å². The molecule has 1 fully saturated rings. The molecule has 0 saturated heterocycles. The summed E-state index contributed by atoms with van der Waals surface area (Å²) in [6, 6.07) is 19.1. The number of carbonyl (C=O) groups excluding carboxylic acids is 2. The first-order chi connectivity index (χ1) is 13.6. The molecule has 0 bridgehead atoms. The van der Waals surface area contributed by atoms with Crippen molar-refractivity contribution in [3.8, 4) is 0 Å². The lowest BCUT2D eigenvalue weighted by Crippen LogP contribution is -2.51. The number of benzene rings is 2. The molecule has 6 heteroatoms. The predicted octanol–water partition coefficient (Wildman–Crippen LogP) is 3.42. The second-order valence-electron chi connectivity index (χ2n) is 7.02. The van der Waals surface area contributed by atoms with Crippen molar-refractivity contribution in [2.75, 3.05) is 0 Å². The second kappa shape index (κ2) is 9.99. The summed E-state index contributed by atoms with van der Waals surface area (Å²) < 4.78 is 0. The fourth-order valence-electron chi connectivity index (χ4n) is 3.59. The van der Waals surface area contributed by atoms with E-state index in [0.717, 1.165) is 36.8 Å². The molecule has 2 amide bonds. The average molecular weight is 396 g/mol. The Kier molecular flexibility index (Phi) is 7.14. The molecular weight excluding hydrogens is 370 g/mol. The van der Waals surface area contributed by atoms with Gasteiger partial charge in [0, 0.05) is 5.92 Å². The SMILES string of the molecule is O=C(NC(=S)NNC(=O)C(c1ccccc1)c1ccccc1)C1CCCCC1. The Morgan fingerprint density at radius 3 is 1.89 bits per heavy atom. The summed E-state index contributed by atoms with van der Waals surface area (Å²) >= 11 is 5.18. The van der Waals surface area contributed by atoms with E-state index in [-0.39, 0.29) is 22.8 Å². The zero-order valence-electron chi connectivity index (χ0n) is 15.7. The van der Waals surface area contributed by atoms with E-state index in [0.29, 0.717) is 0 Å². The number of hydrazine groups is 1. The Morgan fingerprint density at radius 1 is 0.821 bits per heavy atom. The summed E-state index contributed by atoms with van der Waals surface area (Å²) in [5.41, 5.74) is 7.07. The molecule has 0 atom stereocenters. The van der Waals surface area contributed by atoms with Crippen molar-refractivity contribution >= 4 is 29.1 Å². The Labute approximate surface area is 170 Å². The van der Waals surface area contributed by atoms with Gasteiger partial charge in [0.2, 0.25) is 11.8 Å². The molecular formula is C22H25N3O2S. The number of rotatable bonds is 4. The van der Waals surface area contributed by atoms with Crippen LogP contribution in [0, 0.1) is 5.92 Å². The molecule has 5 nitrogen and oxygen atoms in total. The number of thiocarbonyl (C=S) groups is 1. The molecule has 0 aliphatic heterocycles. The first-order valence-corrected chi connectivity index (χ1v) is 10.1. The molecule has 1 saturated carbocycles. The maximum absolute atomic E-state index is 12.9. The molecule has 0 unspecified atom stereocenters. The van der Waals surface area contributed by atoms with Crippen LogP contribution in [-0.4, -0.2) is 16.9 Å². The van der Waals surface area contributed by atoms with Gasteiger partial charge in [0.15, 0.2) is 5.11 Å². The monoisotopic (exact) mass is 395 g/mol. The lowest BCUT2D eigenvalue weighted by atomic mass is 9.89. The van der Waals surface area contributed by atoms with Gasteiger partial charge < -0.3 is 5.32 Å². The second-order valence-corrected chi connectivity index (χ2v) is 7.43. The maximum atomic E-state index is 12.9. The van der Waals surface area contributed by atoms with E-state index in [1.54, 1.807) is 0 Å². The lowest BCUT2D eigenvalue weighted by Gasteiger charge is -2.22. The van der Waals surface area contributed by atoms with Crippen molar-refractivity contribution in [1.29, 1.82) is 0 Å². The van der Waals surface area contributed by atoms with Gasteiger partial charge in [0.25, 0.3) is 0 Å². The quantitative estimate of drug-likeness (QED) is 0.548. The van der Waals surface area contributed by atoms with Crippen molar-refractivity contribution in [3.63, 3.8) is 0 Å². The molecule has 3 rings (SSSR count). The third kappa shape index (κ3) is 5.39. The van der Waals surface area contributed by atoms with Gasteiger partial charge in [-0.15, -0.1) is 0 Å². The highest BCUT2D eigenvalue weighted by Gasteiger charge is 2.24. The topological polar surface area (TPSA) is 70.2 Å². The van der Waals surface area contributed by atoms with Crippen molar-refractivity contribution in [2.45, 2.75) is 38.0 Å². The first kappa shape index (κ1) is 20.0. The summed E-state index contributed by atoms with van der Waals surface area (Å²) in [6.07, 6.45) is 5.12. The summed E-state index contributed by atoms with van der Waals surface area (Å²) in [4.78, 5) is 25.2. The molecule has 1 aliphatic rings. The molecule has 2 aromatic carbocycles. The van der Waals surface area contributed by atoms with E-state index in [2.05, 4.69) is 16.2 Å². The van der Waals surface area contributed by atoms with E-state index < -0.39 is 5.92 Å². The molecule has 0 radical (unpaired) electrons. The molecule has 28 heavy (non-hydrogen) atoms. The van der Waals surface area contributed by atoms with Gasteiger partial charge in [0.1, 0.15) is 0 Å².